The van der Waals surface area contributed by atoms with Gasteiger partial charge in [0.15, 0.2) is 0 Å². The zero-order valence-corrected chi connectivity index (χ0v) is 11.6. The molecule has 3 aromatic carbocycles. The average Bonchev–Trinajstić information content (AvgIpc) is 2.42. The van der Waals surface area contributed by atoms with Crippen LogP contribution in [0.1, 0.15) is 0 Å². The lowest BCUT2D eigenvalue weighted by Crippen LogP contribution is -1.80. The fourth-order valence-corrected chi connectivity index (χ4v) is 3.28. The summed E-state index contributed by atoms with van der Waals surface area (Å²) in [6.45, 7) is 0. The Morgan fingerprint density at radius 2 is 1.74 bits per heavy atom. The van der Waals surface area contributed by atoms with E-state index in [0.717, 1.165) is 20.6 Å². The predicted molar refractivity (Wildman–Crippen MR) is 81.2 cm³/mol. The van der Waals surface area contributed by atoms with Crippen molar-refractivity contribution in [3.05, 3.63) is 65.7 Å². The molecule has 3 heteroatoms. The topological polar surface area (TPSA) is 20.2 Å². The van der Waals surface area contributed by atoms with E-state index in [4.69, 9.17) is 11.6 Å². The molecule has 3 rings (SSSR count). The van der Waals surface area contributed by atoms with Crippen molar-refractivity contribution in [3.8, 4) is 5.75 Å². The van der Waals surface area contributed by atoms with Crippen LogP contribution in [0, 0.1) is 0 Å². The highest BCUT2D eigenvalue weighted by atomic mass is 35.5. The zero-order chi connectivity index (χ0) is 13.2. The van der Waals surface area contributed by atoms with Crippen molar-refractivity contribution >= 4 is 34.1 Å². The lowest BCUT2D eigenvalue weighted by atomic mass is 10.1. The van der Waals surface area contributed by atoms with Gasteiger partial charge in [0, 0.05) is 9.92 Å². The summed E-state index contributed by atoms with van der Waals surface area (Å²) in [5, 5.41) is 12.9. The molecule has 1 nitrogen and oxygen atoms in total. The van der Waals surface area contributed by atoms with Gasteiger partial charge in [0.05, 0.1) is 4.90 Å². The van der Waals surface area contributed by atoms with Crippen LogP contribution in [0.15, 0.2) is 70.5 Å². The Labute approximate surface area is 120 Å². The molecular formula is C16H11ClOS. The number of phenols is 1. The molecule has 0 aliphatic heterocycles. The first-order valence-corrected chi connectivity index (χ1v) is 7.07. The van der Waals surface area contributed by atoms with Crippen molar-refractivity contribution in [1.82, 2.24) is 0 Å². The molecule has 0 aliphatic carbocycles. The van der Waals surface area contributed by atoms with Gasteiger partial charge in [-0.2, -0.15) is 0 Å². The minimum absolute atomic E-state index is 0.295. The number of hydrogen-bond donors (Lipinski definition) is 1. The normalized spacial score (nSPS) is 10.8. The van der Waals surface area contributed by atoms with Crippen LogP contribution >= 0.6 is 23.4 Å². The SMILES string of the molecule is Oc1ccc2ccccc2c1Sc1cccc(Cl)c1. The lowest BCUT2D eigenvalue weighted by molar-refractivity contribution is 0.464. The van der Waals surface area contributed by atoms with Gasteiger partial charge in [-0.3, -0.25) is 0 Å². The third-order valence-corrected chi connectivity index (χ3v) is 4.23. The maximum absolute atomic E-state index is 10.1. The van der Waals surface area contributed by atoms with Crippen molar-refractivity contribution in [2.24, 2.45) is 0 Å². The second-order valence-corrected chi connectivity index (χ2v) is 5.71. The number of rotatable bonds is 2. The van der Waals surface area contributed by atoms with Crippen molar-refractivity contribution < 1.29 is 5.11 Å². The summed E-state index contributed by atoms with van der Waals surface area (Å²) in [5.41, 5.74) is 0. The molecule has 0 bridgehead atoms. The quantitative estimate of drug-likeness (QED) is 0.685. The lowest BCUT2D eigenvalue weighted by Gasteiger charge is -2.09. The number of hydrogen-bond acceptors (Lipinski definition) is 2. The predicted octanol–water partition coefficient (Wildman–Crippen LogP) is 5.35. The fourth-order valence-electron chi connectivity index (χ4n) is 1.99. The molecule has 0 aliphatic rings. The number of aromatic hydroxyl groups is 1. The Kier molecular flexibility index (Phi) is 3.36. The molecule has 0 heterocycles. The molecule has 0 amide bonds. The zero-order valence-electron chi connectivity index (χ0n) is 10.0. The molecular weight excluding hydrogens is 276 g/mol. The molecule has 0 saturated heterocycles. The molecule has 1 N–H and O–H groups in total. The maximum Gasteiger partial charge on any atom is 0.130 e. The first-order valence-electron chi connectivity index (χ1n) is 5.88. The van der Waals surface area contributed by atoms with Crippen molar-refractivity contribution in [1.29, 1.82) is 0 Å². The molecule has 19 heavy (non-hydrogen) atoms. The Balaban J connectivity index is 2.12. The molecule has 94 valence electrons. The van der Waals surface area contributed by atoms with Crippen LogP contribution in [-0.2, 0) is 0 Å². The van der Waals surface area contributed by atoms with E-state index in [2.05, 4.69) is 0 Å². The Bertz CT molecular complexity index is 740. The van der Waals surface area contributed by atoms with Gasteiger partial charge in [-0.05, 0) is 35.0 Å². The first-order chi connectivity index (χ1) is 9.24. The summed E-state index contributed by atoms with van der Waals surface area (Å²) in [6.07, 6.45) is 0. The van der Waals surface area contributed by atoms with Crippen LogP contribution < -0.4 is 0 Å². The molecule has 0 aromatic heterocycles. The summed E-state index contributed by atoms with van der Waals surface area (Å²) in [6, 6.07) is 19.3. The van der Waals surface area contributed by atoms with E-state index in [1.54, 1.807) is 6.07 Å². The third-order valence-electron chi connectivity index (χ3n) is 2.87. The van der Waals surface area contributed by atoms with Crippen molar-refractivity contribution in [2.75, 3.05) is 0 Å². The van der Waals surface area contributed by atoms with E-state index in [9.17, 15) is 5.11 Å². The first kappa shape index (κ1) is 12.4. The van der Waals surface area contributed by atoms with Crippen molar-refractivity contribution in [3.63, 3.8) is 0 Å². The number of halogens is 1. The van der Waals surface area contributed by atoms with E-state index in [1.165, 1.54) is 11.8 Å². The third kappa shape index (κ3) is 2.55. The van der Waals surface area contributed by atoms with Gasteiger partial charge in [0.2, 0.25) is 0 Å². The van der Waals surface area contributed by atoms with Gasteiger partial charge in [0.1, 0.15) is 5.75 Å². The Morgan fingerprint density at radius 3 is 2.58 bits per heavy atom. The van der Waals surface area contributed by atoms with Gasteiger partial charge in [-0.15, -0.1) is 0 Å². The standard InChI is InChI=1S/C16H11ClOS/c17-12-5-3-6-13(10-12)19-16-14-7-2-1-4-11(14)8-9-15(16)18/h1-10,18H. The van der Waals surface area contributed by atoms with Crippen LogP contribution in [0.5, 0.6) is 5.75 Å². The average molecular weight is 287 g/mol. The molecule has 0 spiro atoms. The number of benzene rings is 3. The van der Waals surface area contributed by atoms with Crippen LogP contribution in [-0.4, -0.2) is 5.11 Å². The second-order valence-electron chi connectivity index (χ2n) is 4.19. The molecule has 0 fully saturated rings. The minimum Gasteiger partial charge on any atom is -0.507 e. The molecule has 0 saturated carbocycles. The van der Waals surface area contributed by atoms with Gasteiger partial charge < -0.3 is 5.11 Å². The highest BCUT2D eigenvalue weighted by Crippen LogP contribution is 2.40. The largest absolute Gasteiger partial charge is 0.507 e. The van der Waals surface area contributed by atoms with E-state index in [0.29, 0.717) is 10.8 Å². The van der Waals surface area contributed by atoms with E-state index in [-0.39, 0.29) is 0 Å². The summed E-state index contributed by atoms with van der Waals surface area (Å²) in [7, 11) is 0. The fraction of sp³-hybridized carbons (Fsp3) is 0. The molecule has 0 radical (unpaired) electrons. The smallest absolute Gasteiger partial charge is 0.130 e. The molecule has 0 atom stereocenters. The van der Waals surface area contributed by atoms with E-state index in [1.807, 2.05) is 54.6 Å². The summed E-state index contributed by atoms with van der Waals surface area (Å²) in [5.74, 6) is 0.295. The monoisotopic (exact) mass is 286 g/mol. The van der Waals surface area contributed by atoms with Gasteiger partial charge in [0.25, 0.3) is 0 Å². The van der Waals surface area contributed by atoms with E-state index < -0.39 is 0 Å². The number of fused-ring (bicyclic) bond motifs is 1. The molecule has 0 unspecified atom stereocenters. The molecule has 3 aromatic rings. The van der Waals surface area contributed by atoms with Crippen LogP contribution in [0.2, 0.25) is 5.02 Å². The van der Waals surface area contributed by atoms with Gasteiger partial charge in [-0.1, -0.05) is 59.8 Å². The Morgan fingerprint density at radius 1 is 0.895 bits per heavy atom. The minimum atomic E-state index is 0.295. The van der Waals surface area contributed by atoms with Gasteiger partial charge in [-0.25, -0.2) is 0 Å². The summed E-state index contributed by atoms with van der Waals surface area (Å²) in [4.78, 5) is 1.87. The highest BCUT2D eigenvalue weighted by Gasteiger charge is 2.08. The maximum atomic E-state index is 10.1. The van der Waals surface area contributed by atoms with E-state index >= 15 is 0 Å². The van der Waals surface area contributed by atoms with Crippen LogP contribution in [0.3, 0.4) is 0 Å². The second kappa shape index (κ2) is 5.16. The van der Waals surface area contributed by atoms with Gasteiger partial charge >= 0.3 is 0 Å². The van der Waals surface area contributed by atoms with Crippen LogP contribution in [0.25, 0.3) is 10.8 Å². The number of phenolic OH excluding ortho intramolecular Hbond substituents is 1. The van der Waals surface area contributed by atoms with Crippen molar-refractivity contribution in [2.45, 2.75) is 9.79 Å². The summed E-state index contributed by atoms with van der Waals surface area (Å²) >= 11 is 7.52. The highest BCUT2D eigenvalue weighted by molar-refractivity contribution is 7.99. The van der Waals surface area contributed by atoms with Crippen LogP contribution in [0.4, 0.5) is 0 Å². The summed E-state index contributed by atoms with van der Waals surface area (Å²) < 4.78 is 0. The Hall–Kier alpha value is -1.64.